The largest absolute Gasteiger partial charge is 0.305 e. The highest BCUT2D eigenvalue weighted by molar-refractivity contribution is 7.91. The van der Waals surface area contributed by atoms with E-state index in [1.165, 1.54) is 12.1 Å². The first-order valence-electron chi connectivity index (χ1n) is 10.6. The zero-order valence-corrected chi connectivity index (χ0v) is 19.7. The Bertz CT molecular complexity index is 1180. The van der Waals surface area contributed by atoms with Crippen molar-refractivity contribution in [2.75, 3.05) is 14.1 Å². The number of hydrogen-bond donors (Lipinski definition) is 1. The fraction of sp³-hybridized carbons (Fsp3) is 0.417. The number of carbonyl (C=O) groups is 1. The molecule has 1 fully saturated rings. The summed E-state index contributed by atoms with van der Waals surface area (Å²) in [5, 5.41) is 15.2. The van der Waals surface area contributed by atoms with E-state index in [4.69, 9.17) is 5.14 Å². The van der Waals surface area contributed by atoms with Gasteiger partial charge in [0.1, 0.15) is 15.7 Å². The molecular formula is C24H29FN4O2S. The molecule has 2 N–H and O–H groups in total. The Labute approximate surface area is 189 Å². The molecule has 170 valence electrons. The Hall–Kier alpha value is -2.60. The van der Waals surface area contributed by atoms with Gasteiger partial charge >= 0.3 is 0 Å². The third-order valence-corrected chi connectivity index (χ3v) is 6.90. The van der Waals surface area contributed by atoms with Gasteiger partial charge < -0.3 is 4.90 Å². The van der Waals surface area contributed by atoms with Crippen molar-refractivity contribution in [3.8, 4) is 6.07 Å². The van der Waals surface area contributed by atoms with Crippen molar-refractivity contribution in [1.82, 2.24) is 4.90 Å². The van der Waals surface area contributed by atoms with Crippen LogP contribution >= 0.6 is 0 Å². The number of nitriles is 1. The van der Waals surface area contributed by atoms with E-state index in [9.17, 15) is 18.7 Å². The second kappa shape index (κ2) is 9.49. The lowest BCUT2D eigenvalue weighted by atomic mass is 9.87. The van der Waals surface area contributed by atoms with Crippen LogP contribution in [0.15, 0.2) is 39.6 Å². The van der Waals surface area contributed by atoms with Gasteiger partial charge in [-0.15, -0.1) is 4.36 Å². The molecule has 0 bridgehead atoms. The van der Waals surface area contributed by atoms with Crippen LogP contribution in [0.4, 0.5) is 4.39 Å². The van der Waals surface area contributed by atoms with E-state index >= 15 is 0 Å². The summed E-state index contributed by atoms with van der Waals surface area (Å²) in [4.78, 5) is 14.4. The lowest BCUT2D eigenvalue weighted by molar-refractivity contribution is -0.117. The molecule has 0 spiro atoms. The smallest absolute Gasteiger partial charge is 0.259 e. The van der Waals surface area contributed by atoms with Crippen LogP contribution in [-0.2, 0) is 27.7 Å². The Morgan fingerprint density at radius 3 is 2.53 bits per heavy atom. The maximum atomic E-state index is 14.6. The molecule has 3 rings (SSSR count). The van der Waals surface area contributed by atoms with Crippen LogP contribution in [0.1, 0.15) is 66.3 Å². The number of nitrogens with two attached hydrogens (primary N) is 1. The van der Waals surface area contributed by atoms with Gasteiger partial charge in [0.25, 0.3) is 5.91 Å². The lowest BCUT2D eigenvalue weighted by Gasteiger charge is -2.17. The van der Waals surface area contributed by atoms with Gasteiger partial charge in [-0.05, 0) is 85.3 Å². The maximum absolute atomic E-state index is 14.6. The number of benzene rings is 2. The normalized spacial score (nSPS) is 15.5. The lowest BCUT2D eigenvalue weighted by Crippen LogP contribution is -2.18. The van der Waals surface area contributed by atoms with Crippen LogP contribution < -0.4 is 5.14 Å². The Kier molecular flexibility index (Phi) is 7.13. The van der Waals surface area contributed by atoms with E-state index < -0.39 is 21.6 Å². The molecule has 0 radical (unpaired) electrons. The number of rotatable bonds is 7. The molecule has 0 aromatic heterocycles. The molecule has 8 heteroatoms. The van der Waals surface area contributed by atoms with Gasteiger partial charge in [-0.1, -0.05) is 19.9 Å². The monoisotopic (exact) mass is 456 g/mol. The van der Waals surface area contributed by atoms with Gasteiger partial charge in [0.15, 0.2) is 0 Å². The van der Waals surface area contributed by atoms with Crippen LogP contribution in [0.3, 0.4) is 0 Å². The summed E-state index contributed by atoms with van der Waals surface area (Å²) in [5.74, 6) is -1.00. The number of hydrogen-bond acceptors (Lipinski definition) is 4. The Balaban J connectivity index is 1.96. The third-order valence-electron chi connectivity index (χ3n) is 5.46. The summed E-state index contributed by atoms with van der Waals surface area (Å²) >= 11 is 0. The van der Waals surface area contributed by atoms with Crippen molar-refractivity contribution < 1.29 is 13.4 Å². The molecule has 6 nitrogen and oxygen atoms in total. The minimum atomic E-state index is -3.73. The average molecular weight is 457 g/mol. The predicted molar refractivity (Wildman–Crippen MR) is 123 cm³/mol. The highest BCUT2D eigenvalue weighted by atomic mass is 32.2. The van der Waals surface area contributed by atoms with Gasteiger partial charge in [-0.25, -0.2) is 13.7 Å². The first kappa shape index (κ1) is 24.1. The molecule has 1 aliphatic carbocycles. The van der Waals surface area contributed by atoms with E-state index in [0.717, 1.165) is 29.5 Å². The fourth-order valence-electron chi connectivity index (χ4n) is 3.89. The van der Waals surface area contributed by atoms with Gasteiger partial charge in [0.05, 0.1) is 22.9 Å². The highest BCUT2D eigenvalue weighted by Crippen LogP contribution is 2.44. The number of nitrogens with zero attached hydrogens (tertiary/aromatic N) is 3. The molecule has 1 atom stereocenters. The maximum Gasteiger partial charge on any atom is 0.259 e. The second-order valence-corrected chi connectivity index (χ2v) is 10.7. The zero-order valence-electron chi connectivity index (χ0n) is 18.9. The van der Waals surface area contributed by atoms with Gasteiger partial charge in [0, 0.05) is 6.54 Å². The van der Waals surface area contributed by atoms with Gasteiger partial charge in [-0.3, -0.25) is 4.79 Å². The fourth-order valence-corrected chi connectivity index (χ4v) is 4.96. The van der Waals surface area contributed by atoms with E-state index in [2.05, 4.69) is 10.4 Å². The van der Waals surface area contributed by atoms with E-state index in [1.54, 1.807) is 12.1 Å². The molecule has 0 saturated heterocycles. The van der Waals surface area contributed by atoms with Crippen molar-refractivity contribution in [2.24, 2.45) is 9.50 Å². The summed E-state index contributed by atoms with van der Waals surface area (Å²) < 4.78 is 31.4. The number of carbonyl (C=O) groups excluding carboxylic acids is 1. The minimum Gasteiger partial charge on any atom is -0.305 e. The molecule has 0 aliphatic heterocycles. The van der Waals surface area contributed by atoms with Gasteiger partial charge in [0.2, 0.25) is 0 Å². The quantitative estimate of drug-likeness (QED) is 0.674. The molecule has 0 heterocycles. The molecule has 1 amide bonds. The summed E-state index contributed by atoms with van der Waals surface area (Å²) in [6.07, 6.45) is 1.92. The summed E-state index contributed by atoms with van der Waals surface area (Å²) in [6, 6.07) is 10.0. The topological polar surface area (TPSA) is 99.5 Å². The van der Waals surface area contributed by atoms with E-state index in [1.807, 2.05) is 38.9 Å². The predicted octanol–water partition coefficient (Wildman–Crippen LogP) is 4.23. The first-order chi connectivity index (χ1) is 15.0. The Morgan fingerprint density at radius 1 is 1.31 bits per heavy atom. The average Bonchev–Trinajstić information content (AvgIpc) is 3.51. The van der Waals surface area contributed by atoms with Crippen molar-refractivity contribution in [3.05, 3.63) is 64.0 Å². The SMILES string of the molecule is CC(C)c1cc(C#N)cc(C2CC2)c1CC(=O)N=[S@](N)(=O)c1ccc(CN(C)C)cc1F. The first-order valence-corrected chi connectivity index (χ1v) is 12.2. The molecule has 0 unspecified atom stereocenters. The summed E-state index contributed by atoms with van der Waals surface area (Å²) in [5.41, 5.74) is 3.95. The third kappa shape index (κ3) is 5.60. The van der Waals surface area contributed by atoms with Crippen molar-refractivity contribution >= 4 is 15.8 Å². The summed E-state index contributed by atoms with van der Waals surface area (Å²) in [7, 11) is -0.0194. The van der Waals surface area contributed by atoms with Crippen molar-refractivity contribution in [1.29, 1.82) is 5.26 Å². The summed E-state index contributed by atoms with van der Waals surface area (Å²) in [6.45, 7) is 4.50. The highest BCUT2D eigenvalue weighted by Gasteiger charge is 2.29. The van der Waals surface area contributed by atoms with Crippen molar-refractivity contribution in [2.45, 2.75) is 56.4 Å². The van der Waals surface area contributed by atoms with Crippen molar-refractivity contribution in [3.63, 3.8) is 0 Å². The number of halogens is 1. The zero-order chi connectivity index (χ0) is 23.6. The van der Waals surface area contributed by atoms with Crippen LogP contribution in [0.5, 0.6) is 0 Å². The van der Waals surface area contributed by atoms with Gasteiger partial charge in [-0.2, -0.15) is 5.26 Å². The Morgan fingerprint density at radius 2 is 2.00 bits per heavy atom. The van der Waals surface area contributed by atoms with Crippen LogP contribution in [-0.4, -0.2) is 29.1 Å². The van der Waals surface area contributed by atoms with Crippen LogP contribution in [0.25, 0.3) is 0 Å². The molecule has 2 aromatic carbocycles. The molecule has 1 aliphatic rings. The second-order valence-electron chi connectivity index (χ2n) is 8.91. The molecule has 32 heavy (non-hydrogen) atoms. The molecule has 2 aromatic rings. The van der Waals surface area contributed by atoms with Crippen LogP contribution in [0, 0.1) is 17.1 Å². The van der Waals surface area contributed by atoms with Crippen LogP contribution in [0.2, 0.25) is 0 Å². The van der Waals surface area contributed by atoms with E-state index in [0.29, 0.717) is 23.6 Å². The number of amides is 1. The van der Waals surface area contributed by atoms with E-state index in [-0.39, 0.29) is 17.2 Å². The molecule has 1 saturated carbocycles. The standard InChI is InChI=1S/C24H29FN4O2S/c1-15(2)19-9-17(13-26)10-20(18-6-7-18)21(19)12-24(30)28-32(27,31)23-8-5-16(11-22(23)25)14-29(3)4/h5,8-11,15,18H,6-7,12,14H2,1-4H3,(H2,27,28,30,31)/t32-/m0/s1. The molecular weight excluding hydrogens is 427 g/mol. The minimum absolute atomic E-state index is 0.0838.